The number of aromatic nitrogens is 2. The average molecular weight is 227 g/mol. The first-order valence-electron chi connectivity index (χ1n) is 5.22. The number of nitrogens with one attached hydrogen (secondary N) is 2. The highest BCUT2D eigenvalue weighted by molar-refractivity contribution is 6.28. The zero-order valence-electron chi connectivity index (χ0n) is 8.76. The number of aryl methyl sites for hydroxylation is 1. The van der Waals surface area contributed by atoms with E-state index < -0.39 is 0 Å². The van der Waals surface area contributed by atoms with Crippen molar-refractivity contribution in [3.8, 4) is 0 Å². The van der Waals surface area contributed by atoms with Crippen LogP contribution in [0.2, 0.25) is 5.28 Å². The first-order valence-corrected chi connectivity index (χ1v) is 5.60. The van der Waals surface area contributed by atoms with Gasteiger partial charge >= 0.3 is 0 Å². The van der Waals surface area contributed by atoms with Crippen LogP contribution in [0.5, 0.6) is 0 Å². The predicted octanol–water partition coefficient (Wildman–Crippen LogP) is 1.60. The van der Waals surface area contributed by atoms with Gasteiger partial charge in [0.1, 0.15) is 5.82 Å². The van der Waals surface area contributed by atoms with Gasteiger partial charge in [0.2, 0.25) is 5.28 Å². The third-order valence-corrected chi connectivity index (χ3v) is 2.64. The Balaban J connectivity index is 2.02. The van der Waals surface area contributed by atoms with E-state index in [-0.39, 0.29) is 0 Å². The zero-order chi connectivity index (χ0) is 10.7. The molecule has 0 radical (unpaired) electrons. The lowest BCUT2D eigenvalue weighted by atomic mass is 10.1. The van der Waals surface area contributed by atoms with Gasteiger partial charge in [0.25, 0.3) is 0 Å². The summed E-state index contributed by atoms with van der Waals surface area (Å²) < 4.78 is 0. The Morgan fingerprint density at radius 2 is 2.40 bits per heavy atom. The Morgan fingerprint density at radius 3 is 3.07 bits per heavy atom. The largest absolute Gasteiger partial charge is 0.366 e. The molecule has 2 rings (SSSR count). The van der Waals surface area contributed by atoms with Crippen molar-refractivity contribution in [3.05, 3.63) is 17.0 Å². The Morgan fingerprint density at radius 1 is 1.53 bits per heavy atom. The normalized spacial score (nSPS) is 21.3. The van der Waals surface area contributed by atoms with Crippen molar-refractivity contribution in [2.45, 2.75) is 25.8 Å². The van der Waals surface area contributed by atoms with Crippen LogP contribution >= 0.6 is 11.6 Å². The minimum absolute atomic E-state index is 0.307. The number of nitrogens with zero attached hydrogens (tertiary/aromatic N) is 2. The van der Waals surface area contributed by atoms with Crippen LogP contribution in [0.3, 0.4) is 0 Å². The Labute approximate surface area is 94.5 Å². The molecule has 1 saturated heterocycles. The molecule has 1 atom stereocenters. The lowest BCUT2D eigenvalue weighted by Crippen LogP contribution is -2.38. The van der Waals surface area contributed by atoms with E-state index in [1.165, 1.54) is 12.8 Å². The molecular weight excluding hydrogens is 212 g/mol. The highest BCUT2D eigenvalue weighted by Gasteiger charge is 2.13. The summed E-state index contributed by atoms with van der Waals surface area (Å²) in [5.41, 5.74) is 0.890. The van der Waals surface area contributed by atoms with E-state index in [4.69, 9.17) is 11.6 Å². The number of hydrogen-bond acceptors (Lipinski definition) is 4. The van der Waals surface area contributed by atoms with Crippen molar-refractivity contribution in [3.63, 3.8) is 0 Å². The number of rotatable bonds is 2. The van der Waals surface area contributed by atoms with Gasteiger partial charge in [-0.15, -0.1) is 0 Å². The molecule has 0 saturated carbocycles. The van der Waals surface area contributed by atoms with Crippen LogP contribution in [-0.2, 0) is 0 Å². The molecule has 1 aliphatic rings. The Hall–Kier alpha value is -0.870. The van der Waals surface area contributed by atoms with E-state index in [1.807, 2.05) is 13.0 Å². The van der Waals surface area contributed by atoms with Gasteiger partial charge < -0.3 is 10.6 Å². The quantitative estimate of drug-likeness (QED) is 0.753. The molecule has 1 aliphatic heterocycles. The third-order valence-electron chi connectivity index (χ3n) is 2.48. The standard InChI is InChI=1S/C10H15ClN4/c1-7-5-9(15-10(11)13-7)14-8-3-2-4-12-6-8/h5,8,12H,2-4,6H2,1H3,(H,13,14,15)/t8-/m1/s1. The Bertz CT molecular complexity index is 316. The van der Waals surface area contributed by atoms with Gasteiger partial charge in [-0.3, -0.25) is 0 Å². The maximum absolute atomic E-state index is 5.79. The van der Waals surface area contributed by atoms with Gasteiger partial charge in [-0.1, -0.05) is 0 Å². The smallest absolute Gasteiger partial charge is 0.224 e. The second kappa shape index (κ2) is 4.77. The monoisotopic (exact) mass is 226 g/mol. The van der Waals surface area contributed by atoms with Gasteiger partial charge in [-0.25, -0.2) is 9.97 Å². The summed E-state index contributed by atoms with van der Waals surface area (Å²) in [5.74, 6) is 0.821. The minimum atomic E-state index is 0.307. The molecule has 0 amide bonds. The molecule has 2 heterocycles. The molecule has 15 heavy (non-hydrogen) atoms. The van der Waals surface area contributed by atoms with Gasteiger partial charge in [-0.2, -0.15) is 0 Å². The summed E-state index contributed by atoms with van der Waals surface area (Å²) in [7, 11) is 0. The summed E-state index contributed by atoms with van der Waals surface area (Å²) in [5, 5.41) is 7.02. The average Bonchev–Trinajstić information content (AvgIpc) is 2.17. The SMILES string of the molecule is Cc1cc(N[C@@H]2CCCNC2)nc(Cl)n1. The van der Waals surface area contributed by atoms with E-state index in [0.717, 1.165) is 24.6 Å². The van der Waals surface area contributed by atoms with Crippen molar-refractivity contribution in [2.75, 3.05) is 18.4 Å². The molecule has 2 N–H and O–H groups in total. The second-order valence-corrected chi connectivity index (χ2v) is 4.19. The van der Waals surface area contributed by atoms with Crippen LogP contribution < -0.4 is 10.6 Å². The van der Waals surface area contributed by atoms with Gasteiger partial charge in [0.15, 0.2) is 0 Å². The van der Waals surface area contributed by atoms with Crippen LogP contribution in [0.1, 0.15) is 18.5 Å². The van der Waals surface area contributed by atoms with Crippen molar-refractivity contribution >= 4 is 17.4 Å². The second-order valence-electron chi connectivity index (χ2n) is 3.85. The topological polar surface area (TPSA) is 49.8 Å². The number of piperidine rings is 1. The van der Waals surface area contributed by atoms with E-state index in [2.05, 4.69) is 20.6 Å². The molecular formula is C10H15ClN4. The van der Waals surface area contributed by atoms with Crippen LogP contribution in [0.15, 0.2) is 6.07 Å². The van der Waals surface area contributed by atoms with Gasteiger partial charge in [0.05, 0.1) is 0 Å². The van der Waals surface area contributed by atoms with Gasteiger partial charge in [-0.05, 0) is 37.9 Å². The molecule has 0 bridgehead atoms. The summed E-state index contributed by atoms with van der Waals surface area (Å²) >= 11 is 5.79. The molecule has 82 valence electrons. The first-order chi connectivity index (χ1) is 7.24. The number of halogens is 1. The van der Waals surface area contributed by atoms with E-state index >= 15 is 0 Å². The molecule has 0 spiro atoms. The summed E-state index contributed by atoms with van der Waals surface area (Å²) in [6, 6.07) is 2.37. The first kappa shape index (κ1) is 10.6. The van der Waals surface area contributed by atoms with Crippen molar-refractivity contribution in [1.29, 1.82) is 0 Å². The third kappa shape index (κ3) is 3.04. The van der Waals surface area contributed by atoms with Crippen LogP contribution in [0.25, 0.3) is 0 Å². The minimum Gasteiger partial charge on any atom is -0.366 e. The van der Waals surface area contributed by atoms with E-state index in [9.17, 15) is 0 Å². The molecule has 0 aromatic carbocycles. The maximum atomic E-state index is 5.79. The van der Waals surface area contributed by atoms with Crippen molar-refractivity contribution in [1.82, 2.24) is 15.3 Å². The predicted molar refractivity (Wildman–Crippen MR) is 61.3 cm³/mol. The summed E-state index contributed by atoms with van der Waals surface area (Å²) in [6.45, 7) is 4.01. The van der Waals surface area contributed by atoms with Crippen molar-refractivity contribution < 1.29 is 0 Å². The number of hydrogen-bond donors (Lipinski definition) is 2. The highest BCUT2D eigenvalue weighted by Crippen LogP contribution is 2.13. The fourth-order valence-corrected chi connectivity index (χ4v) is 2.01. The molecule has 5 heteroatoms. The highest BCUT2D eigenvalue weighted by atomic mass is 35.5. The fraction of sp³-hybridized carbons (Fsp3) is 0.600. The molecule has 0 unspecified atom stereocenters. The van der Waals surface area contributed by atoms with Crippen LogP contribution in [-0.4, -0.2) is 29.1 Å². The van der Waals surface area contributed by atoms with E-state index in [1.54, 1.807) is 0 Å². The zero-order valence-corrected chi connectivity index (χ0v) is 9.51. The maximum Gasteiger partial charge on any atom is 0.224 e. The molecule has 4 nitrogen and oxygen atoms in total. The fourth-order valence-electron chi connectivity index (χ4n) is 1.79. The van der Waals surface area contributed by atoms with Crippen LogP contribution in [0.4, 0.5) is 5.82 Å². The van der Waals surface area contributed by atoms with E-state index in [0.29, 0.717) is 11.3 Å². The van der Waals surface area contributed by atoms with Gasteiger partial charge in [0, 0.05) is 24.3 Å². The Kier molecular flexibility index (Phi) is 3.38. The number of anilines is 1. The van der Waals surface area contributed by atoms with Crippen LogP contribution in [0, 0.1) is 6.92 Å². The lowest BCUT2D eigenvalue weighted by Gasteiger charge is -2.24. The molecule has 1 aromatic rings. The molecule has 1 fully saturated rings. The lowest BCUT2D eigenvalue weighted by molar-refractivity contribution is 0.479. The van der Waals surface area contributed by atoms with Crippen molar-refractivity contribution in [2.24, 2.45) is 0 Å². The molecule has 1 aromatic heterocycles. The molecule has 0 aliphatic carbocycles. The summed E-state index contributed by atoms with van der Waals surface area (Å²) in [4.78, 5) is 8.17. The summed E-state index contributed by atoms with van der Waals surface area (Å²) in [6.07, 6.45) is 2.38.